The highest BCUT2D eigenvalue weighted by molar-refractivity contribution is 7.92. The van der Waals surface area contributed by atoms with Crippen molar-refractivity contribution in [2.24, 2.45) is 0 Å². The van der Waals surface area contributed by atoms with Gasteiger partial charge >= 0.3 is 0 Å². The smallest absolute Gasteiger partial charge is 0.261 e. The molecule has 0 unspecified atom stereocenters. The highest BCUT2D eigenvalue weighted by Crippen LogP contribution is 2.23. The van der Waals surface area contributed by atoms with E-state index in [0.29, 0.717) is 5.92 Å². The summed E-state index contributed by atoms with van der Waals surface area (Å²) in [5, 5.41) is 0. The maximum absolute atomic E-state index is 12.6. The number of hydrogen-bond donors (Lipinski definition) is 1. The number of hydrogen-bond acceptors (Lipinski definition) is 4. The minimum absolute atomic E-state index is 0.0230. The molecule has 0 fully saturated rings. The Balaban J connectivity index is 2.30. The summed E-state index contributed by atoms with van der Waals surface area (Å²) in [6.07, 6.45) is 0.970. The second-order valence-corrected chi connectivity index (χ2v) is 10.1. The van der Waals surface area contributed by atoms with Gasteiger partial charge in [0.1, 0.15) is 0 Å². The first kappa shape index (κ1) is 20.4. The van der Waals surface area contributed by atoms with Crippen LogP contribution in [0.3, 0.4) is 0 Å². The van der Waals surface area contributed by atoms with Crippen molar-refractivity contribution >= 4 is 25.7 Å². The van der Waals surface area contributed by atoms with E-state index in [-0.39, 0.29) is 15.5 Å². The highest BCUT2D eigenvalue weighted by Gasteiger charge is 2.19. The first-order valence-electron chi connectivity index (χ1n) is 8.23. The molecule has 0 saturated heterocycles. The van der Waals surface area contributed by atoms with Crippen molar-refractivity contribution in [2.45, 2.75) is 36.0 Å². The first-order chi connectivity index (χ1) is 12.1. The molecule has 0 heterocycles. The molecule has 0 aromatic heterocycles. The Morgan fingerprint density at radius 3 is 2.12 bits per heavy atom. The molecule has 2 aromatic rings. The lowest BCUT2D eigenvalue weighted by Gasteiger charge is -2.14. The quantitative estimate of drug-likeness (QED) is 0.779. The van der Waals surface area contributed by atoms with Crippen molar-refractivity contribution in [1.29, 1.82) is 0 Å². The highest BCUT2D eigenvalue weighted by atomic mass is 32.2. The van der Waals surface area contributed by atoms with Gasteiger partial charge in [-0.15, -0.1) is 0 Å². The van der Waals surface area contributed by atoms with Crippen LogP contribution in [0.4, 0.5) is 5.69 Å². The molecule has 0 aliphatic heterocycles. The molecule has 0 saturated carbocycles. The Bertz CT molecular complexity index is 967. The molecule has 142 valence electrons. The minimum atomic E-state index is -3.80. The summed E-state index contributed by atoms with van der Waals surface area (Å²) >= 11 is 0. The van der Waals surface area contributed by atoms with Crippen LogP contribution in [0.5, 0.6) is 0 Å². The van der Waals surface area contributed by atoms with Gasteiger partial charge in [-0.05, 0) is 48.2 Å². The van der Waals surface area contributed by atoms with Crippen molar-refractivity contribution in [3.05, 3.63) is 54.1 Å². The Hall–Kier alpha value is -1.90. The van der Waals surface area contributed by atoms with Crippen molar-refractivity contribution in [2.75, 3.05) is 18.8 Å². The van der Waals surface area contributed by atoms with Crippen molar-refractivity contribution in [3.8, 4) is 0 Å². The molecule has 26 heavy (non-hydrogen) atoms. The number of anilines is 1. The van der Waals surface area contributed by atoms with E-state index >= 15 is 0 Å². The Labute approximate surface area is 156 Å². The largest absolute Gasteiger partial charge is 0.280 e. The molecule has 0 spiro atoms. The van der Waals surface area contributed by atoms with Gasteiger partial charge in [-0.3, -0.25) is 4.72 Å². The molecule has 6 nitrogen and oxygen atoms in total. The number of rotatable bonds is 7. The average molecular weight is 397 g/mol. The number of benzene rings is 2. The maximum atomic E-state index is 12.6. The van der Waals surface area contributed by atoms with Gasteiger partial charge in [0.2, 0.25) is 10.0 Å². The Kier molecular flexibility index (Phi) is 6.10. The monoisotopic (exact) mass is 396 g/mol. The van der Waals surface area contributed by atoms with E-state index < -0.39 is 20.0 Å². The summed E-state index contributed by atoms with van der Waals surface area (Å²) in [7, 11) is -4.60. The molecule has 0 amide bonds. The predicted molar refractivity (Wildman–Crippen MR) is 103 cm³/mol. The van der Waals surface area contributed by atoms with Crippen LogP contribution in [0.2, 0.25) is 0 Å². The van der Waals surface area contributed by atoms with Gasteiger partial charge in [0.15, 0.2) is 0 Å². The van der Waals surface area contributed by atoms with Gasteiger partial charge < -0.3 is 0 Å². The number of sulfonamides is 2. The second-order valence-electron chi connectivity index (χ2n) is 6.30. The van der Waals surface area contributed by atoms with Crippen LogP contribution < -0.4 is 4.72 Å². The van der Waals surface area contributed by atoms with E-state index in [1.165, 1.54) is 38.4 Å². The predicted octanol–water partition coefficient (Wildman–Crippen LogP) is 3.25. The van der Waals surface area contributed by atoms with Crippen molar-refractivity contribution in [1.82, 2.24) is 4.31 Å². The molecular weight excluding hydrogens is 372 g/mol. The fourth-order valence-electron chi connectivity index (χ4n) is 2.36. The third-order valence-electron chi connectivity index (χ3n) is 4.24. The second kappa shape index (κ2) is 7.77. The molecule has 0 aliphatic rings. The van der Waals surface area contributed by atoms with E-state index in [1.807, 2.05) is 0 Å². The minimum Gasteiger partial charge on any atom is -0.280 e. The van der Waals surface area contributed by atoms with Crippen LogP contribution in [0.25, 0.3) is 0 Å². The van der Waals surface area contributed by atoms with Gasteiger partial charge in [-0.1, -0.05) is 32.0 Å². The van der Waals surface area contributed by atoms with Gasteiger partial charge in [-0.2, -0.15) is 0 Å². The van der Waals surface area contributed by atoms with E-state index in [1.54, 1.807) is 24.3 Å². The fourth-order valence-corrected chi connectivity index (χ4v) is 4.35. The lowest BCUT2D eigenvalue weighted by molar-refractivity contribution is 0.521. The van der Waals surface area contributed by atoms with Gasteiger partial charge in [0.25, 0.3) is 10.0 Å². The summed E-state index contributed by atoms with van der Waals surface area (Å²) in [5.74, 6) is 0.354. The SMILES string of the molecule is CC[C@@H](C)c1ccc(S(=O)(=O)Nc2cccc(S(=O)(=O)N(C)C)c2)cc1. The van der Waals surface area contributed by atoms with Crippen LogP contribution in [-0.2, 0) is 20.0 Å². The maximum Gasteiger partial charge on any atom is 0.261 e. The lowest BCUT2D eigenvalue weighted by Crippen LogP contribution is -2.22. The Morgan fingerprint density at radius 1 is 0.962 bits per heavy atom. The third-order valence-corrected chi connectivity index (χ3v) is 7.44. The normalized spacial score (nSPS) is 13.6. The molecule has 1 N–H and O–H groups in total. The van der Waals surface area contributed by atoms with Crippen molar-refractivity contribution < 1.29 is 16.8 Å². The van der Waals surface area contributed by atoms with E-state index in [0.717, 1.165) is 16.3 Å². The topological polar surface area (TPSA) is 83.5 Å². The first-order valence-corrected chi connectivity index (χ1v) is 11.2. The molecule has 1 atom stereocenters. The summed E-state index contributed by atoms with van der Waals surface area (Å²) in [6.45, 7) is 4.16. The summed E-state index contributed by atoms with van der Waals surface area (Å²) < 4.78 is 53.1. The zero-order valence-electron chi connectivity index (χ0n) is 15.3. The molecule has 2 aromatic carbocycles. The van der Waals surface area contributed by atoms with Gasteiger partial charge in [0.05, 0.1) is 15.5 Å². The van der Waals surface area contributed by atoms with E-state index in [9.17, 15) is 16.8 Å². The van der Waals surface area contributed by atoms with Crippen LogP contribution in [0, 0.1) is 0 Å². The average Bonchev–Trinajstić information content (AvgIpc) is 2.60. The molecular formula is C18H24N2O4S2. The van der Waals surface area contributed by atoms with Crippen LogP contribution in [-0.4, -0.2) is 35.2 Å². The standard InChI is InChI=1S/C18H24N2O4S2/c1-5-14(2)15-9-11-17(12-10-15)25(21,22)19-16-7-6-8-18(13-16)26(23,24)20(3)4/h6-14,19H,5H2,1-4H3/t14-/m1/s1. The summed E-state index contributed by atoms with van der Waals surface area (Å²) in [4.78, 5) is 0.153. The van der Waals surface area contributed by atoms with Gasteiger partial charge in [-0.25, -0.2) is 21.1 Å². The lowest BCUT2D eigenvalue weighted by atomic mass is 9.99. The van der Waals surface area contributed by atoms with Gasteiger partial charge in [0, 0.05) is 14.1 Å². The van der Waals surface area contributed by atoms with Crippen LogP contribution >= 0.6 is 0 Å². The summed E-state index contributed by atoms with van der Waals surface area (Å²) in [5.41, 5.74) is 1.27. The Morgan fingerprint density at radius 2 is 1.58 bits per heavy atom. The van der Waals surface area contributed by atoms with Crippen LogP contribution in [0.1, 0.15) is 31.7 Å². The zero-order valence-corrected chi connectivity index (χ0v) is 16.9. The molecule has 8 heteroatoms. The van der Waals surface area contributed by atoms with Crippen molar-refractivity contribution in [3.63, 3.8) is 0 Å². The number of nitrogens with one attached hydrogen (secondary N) is 1. The molecule has 0 radical (unpaired) electrons. The zero-order chi connectivity index (χ0) is 19.5. The molecule has 0 aliphatic carbocycles. The third kappa shape index (κ3) is 4.44. The molecule has 0 bridgehead atoms. The molecule has 2 rings (SSSR count). The van der Waals surface area contributed by atoms with Crippen LogP contribution in [0.15, 0.2) is 58.3 Å². The number of nitrogens with zero attached hydrogens (tertiary/aromatic N) is 1. The summed E-state index contributed by atoms with van der Waals surface area (Å²) in [6, 6.07) is 12.5. The fraction of sp³-hybridized carbons (Fsp3) is 0.333. The van der Waals surface area contributed by atoms with E-state index in [2.05, 4.69) is 18.6 Å². The van der Waals surface area contributed by atoms with E-state index in [4.69, 9.17) is 0 Å².